The Kier molecular flexibility index (Phi) is 3.42. The number of hydrogen-bond acceptors (Lipinski definition) is 6. The highest BCUT2D eigenvalue weighted by atomic mass is 16.5. The van der Waals surface area contributed by atoms with E-state index in [2.05, 4.69) is 25.1 Å². The maximum absolute atomic E-state index is 5.61. The van der Waals surface area contributed by atoms with Crippen LogP contribution in [0.15, 0.2) is 37.1 Å². The van der Waals surface area contributed by atoms with E-state index < -0.39 is 0 Å². The number of ether oxygens (including phenoxy) is 1. The van der Waals surface area contributed by atoms with Crippen LogP contribution in [0.4, 0.5) is 5.69 Å². The van der Waals surface area contributed by atoms with E-state index in [1.54, 1.807) is 19.6 Å². The highest BCUT2D eigenvalue weighted by Gasteiger charge is 2.36. The normalized spacial score (nSPS) is 21.2. The van der Waals surface area contributed by atoms with Crippen molar-refractivity contribution in [2.45, 2.75) is 18.6 Å². The number of pyridine rings is 2. The molecule has 4 heterocycles. The summed E-state index contributed by atoms with van der Waals surface area (Å²) in [6.45, 7) is 0.808. The Bertz CT molecular complexity index is 827. The Morgan fingerprint density at radius 3 is 2.96 bits per heavy atom. The molecular formula is C16H18N6O. The number of fused-ring (bicyclic) bond motifs is 1. The molecule has 3 aromatic rings. The Morgan fingerprint density at radius 1 is 1.26 bits per heavy atom. The van der Waals surface area contributed by atoms with Crippen LogP contribution in [0.5, 0.6) is 0 Å². The van der Waals surface area contributed by atoms with Gasteiger partial charge in [0.25, 0.3) is 0 Å². The molecule has 7 heteroatoms. The van der Waals surface area contributed by atoms with E-state index in [4.69, 9.17) is 4.74 Å². The van der Waals surface area contributed by atoms with Crippen molar-refractivity contribution >= 4 is 16.6 Å². The van der Waals surface area contributed by atoms with E-state index >= 15 is 0 Å². The molecule has 0 bridgehead atoms. The second-order valence-electron chi connectivity index (χ2n) is 5.78. The number of nitrogens with zero attached hydrogens (tertiary/aromatic N) is 6. The summed E-state index contributed by atoms with van der Waals surface area (Å²) in [6, 6.07) is 4.09. The molecule has 0 N–H and O–H groups in total. The lowest BCUT2D eigenvalue weighted by molar-refractivity contribution is 0.118. The van der Waals surface area contributed by atoms with Crippen molar-refractivity contribution in [2.24, 2.45) is 7.05 Å². The third-order valence-electron chi connectivity index (χ3n) is 4.47. The topological polar surface area (TPSA) is 69.0 Å². The molecule has 0 unspecified atom stereocenters. The molecule has 1 fully saturated rings. The molecule has 0 amide bonds. The molecule has 0 radical (unpaired) electrons. The summed E-state index contributed by atoms with van der Waals surface area (Å²) in [6.07, 6.45) is 8.25. The highest BCUT2D eigenvalue weighted by molar-refractivity contribution is 5.91. The van der Waals surface area contributed by atoms with Crippen molar-refractivity contribution in [3.63, 3.8) is 0 Å². The summed E-state index contributed by atoms with van der Waals surface area (Å²) >= 11 is 0. The molecule has 3 aromatic heterocycles. The summed E-state index contributed by atoms with van der Waals surface area (Å²) in [4.78, 5) is 11.0. The van der Waals surface area contributed by atoms with Gasteiger partial charge in [0.1, 0.15) is 6.33 Å². The van der Waals surface area contributed by atoms with Gasteiger partial charge in [-0.25, -0.2) is 0 Å². The molecule has 4 rings (SSSR count). The minimum Gasteiger partial charge on any atom is -0.380 e. The van der Waals surface area contributed by atoms with Gasteiger partial charge < -0.3 is 14.2 Å². The van der Waals surface area contributed by atoms with Crippen LogP contribution < -0.4 is 4.90 Å². The van der Waals surface area contributed by atoms with Gasteiger partial charge in [-0.05, 0) is 12.1 Å². The van der Waals surface area contributed by atoms with Gasteiger partial charge in [0.2, 0.25) is 0 Å². The quantitative estimate of drug-likeness (QED) is 0.734. The fourth-order valence-electron chi connectivity index (χ4n) is 3.30. The van der Waals surface area contributed by atoms with Crippen LogP contribution in [-0.4, -0.2) is 44.5 Å². The van der Waals surface area contributed by atoms with Crippen molar-refractivity contribution in [3.05, 3.63) is 42.9 Å². The van der Waals surface area contributed by atoms with E-state index in [1.165, 1.54) is 0 Å². The molecule has 1 aliphatic heterocycles. The number of aryl methyl sites for hydroxylation is 1. The lowest BCUT2D eigenvalue weighted by Crippen LogP contribution is -2.26. The molecule has 23 heavy (non-hydrogen) atoms. The summed E-state index contributed by atoms with van der Waals surface area (Å²) in [5, 5.41) is 9.38. The molecule has 1 aliphatic rings. The van der Waals surface area contributed by atoms with Crippen LogP contribution in [0.3, 0.4) is 0 Å². The van der Waals surface area contributed by atoms with Gasteiger partial charge in [-0.2, -0.15) is 0 Å². The van der Waals surface area contributed by atoms with Gasteiger partial charge in [-0.1, -0.05) is 0 Å². The van der Waals surface area contributed by atoms with Gasteiger partial charge >= 0.3 is 0 Å². The van der Waals surface area contributed by atoms with Gasteiger partial charge in [-0.15, -0.1) is 10.2 Å². The molecule has 0 aliphatic carbocycles. The second-order valence-corrected chi connectivity index (χ2v) is 5.78. The van der Waals surface area contributed by atoms with Crippen molar-refractivity contribution < 1.29 is 4.74 Å². The van der Waals surface area contributed by atoms with E-state index in [1.807, 2.05) is 36.1 Å². The maximum Gasteiger partial charge on any atom is 0.155 e. The standard InChI is InChI=1S/C16H18N6O/c1-21-10-19-20-16(21)15-7-11(23-2)9-22(15)14-4-6-18-13-3-5-17-8-12(13)14/h3-6,8,10-11,15H,7,9H2,1-2H3/t11-,15+/m1/s1. The zero-order chi connectivity index (χ0) is 15.8. The molecule has 7 nitrogen and oxygen atoms in total. The predicted octanol–water partition coefficient (Wildman–Crippen LogP) is 1.72. The Hall–Kier alpha value is -2.54. The number of anilines is 1. The minimum absolute atomic E-state index is 0.123. The lowest BCUT2D eigenvalue weighted by Gasteiger charge is -2.26. The second kappa shape index (κ2) is 5.58. The third-order valence-corrected chi connectivity index (χ3v) is 4.47. The first-order chi connectivity index (χ1) is 11.3. The average molecular weight is 310 g/mol. The van der Waals surface area contributed by atoms with Gasteiger partial charge in [0, 0.05) is 56.8 Å². The van der Waals surface area contributed by atoms with E-state index in [-0.39, 0.29) is 12.1 Å². The highest BCUT2D eigenvalue weighted by Crippen LogP contribution is 2.38. The Morgan fingerprint density at radius 2 is 2.17 bits per heavy atom. The predicted molar refractivity (Wildman–Crippen MR) is 86.0 cm³/mol. The lowest BCUT2D eigenvalue weighted by atomic mass is 10.1. The van der Waals surface area contributed by atoms with E-state index in [0.29, 0.717) is 0 Å². The van der Waals surface area contributed by atoms with Crippen molar-refractivity contribution in [2.75, 3.05) is 18.6 Å². The van der Waals surface area contributed by atoms with Crippen LogP contribution >= 0.6 is 0 Å². The Balaban J connectivity index is 1.82. The fraction of sp³-hybridized carbons (Fsp3) is 0.375. The summed E-state index contributed by atoms with van der Waals surface area (Å²) < 4.78 is 7.58. The Labute approximate surface area is 133 Å². The van der Waals surface area contributed by atoms with Crippen LogP contribution in [0.25, 0.3) is 10.9 Å². The van der Waals surface area contributed by atoms with Crippen LogP contribution in [-0.2, 0) is 11.8 Å². The molecule has 1 saturated heterocycles. The maximum atomic E-state index is 5.61. The molecular weight excluding hydrogens is 292 g/mol. The van der Waals surface area contributed by atoms with E-state index in [9.17, 15) is 0 Å². The molecule has 0 saturated carbocycles. The average Bonchev–Trinajstić information content (AvgIpc) is 3.20. The van der Waals surface area contributed by atoms with Crippen LogP contribution in [0.1, 0.15) is 18.3 Å². The van der Waals surface area contributed by atoms with Gasteiger partial charge in [0.15, 0.2) is 5.82 Å². The van der Waals surface area contributed by atoms with Crippen LogP contribution in [0, 0.1) is 0 Å². The smallest absolute Gasteiger partial charge is 0.155 e. The first kappa shape index (κ1) is 14.1. The number of hydrogen-bond donors (Lipinski definition) is 0. The van der Waals surface area contributed by atoms with E-state index in [0.717, 1.165) is 35.4 Å². The molecule has 0 aromatic carbocycles. The fourth-order valence-corrected chi connectivity index (χ4v) is 3.30. The van der Waals surface area contributed by atoms with Crippen molar-refractivity contribution in [1.29, 1.82) is 0 Å². The monoisotopic (exact) mass is 310 g/mol. The number of methoxy groups -OCH3 is 1. The van der Waals surface area contributed by atoms with Gasteiger partial charge in [0.05, 0.1) is 17.7 Å². The zero-order valence-corrected chi connectivity index (χ0v) is 13.1. The summed E-state index contributed by atoms with van der Waals surface area (Å²) in [5.41, 5.74) is 2.05. The molecule has 2 atom stereocenters. The third kappa shape index (κ3) is 2.33. The summed E-state index contributed by atoms with van der Waals surface area (Å²) in [5.74, 6) is 0.943. The summed E-state index contributed by atoms with van der Waals surface area (Å²) in [7, 11) is 3.73. The van der Waals surface area contributed by atoms with Crippen molar-refractivity contribution in [3.8, 4) is 0 Å². The minimum atomic E-state index is 0.123. The largest absolute Gasteiger partial charge is 0.380 e. The molecule has 118 valence electrons. The molecule has 0 spiro atoms. The first-order valence-corrected chi connectivity index (χ1v) is 7.60. The zero-order valence-electron chi connectivity index (χ0n) is 13.1. The van der Waals surface area contributed by atoms with Gasteiger partial charge in [-0.3, -0.25) is 9.97 Å². The first-order valence-electron chi connectivity index (χ1n) is 7.60. The SMILES string of the molecule is CO[C@@H]1C[C@@H](c2nncn2C)N(c2ccnc3ccncc23)C1. The van der Waals surface area contributed by atoms with Crippen LogP contribution in [0.2, 0.25) is 0 Å². The number of rotatable bonds is 3. The number of aromatic nitrogens is 5. The van der Waals surface area contributed by atoms with Crippen molar-refractivity contribution in [1.82, 2.24) is 24.7 Å².